The highest BCUT2D eigenvalue weighted by atomic mass is 32.2. The molecule has 1 aromatic carbocycles. The van der Waals surface area contributed by atoms with Crippen molar-refractivity contribution in [3.8, 4) is 11.3 Å². The van der Waals surface area contributed by atoms with Crippen molar-refractivity contribution in [3.05, 3.63) is 40.3 Å². The number of halogens is 4. The highest BCUT2D eigenvalue weighted by Crippen LogP contribution is 2.44. The lowest BCUT2D eigenvalue weighted by atomic mass is 9.82. The molecule has 0 saturated heterocycles. The molecule has 234 valence electrons. The molecule has 2 aromatic heterocycles. The van der Waals surface area contributed by atoms with Crippen molar-refractivity contribution in [1.82, 2.24) is 24.4 Å². The lowest BCUT2D eigenvalue weighted by molar-refractivity contribution is -0.122. The number of fused-ring (bicyclic) bond motifs is 1. The summed E-state index contributed by atoms with van der Waals surface area (Å²) in [6.07, 6.45) is 4.94. The van der Waals surface area contributed by atoms with Gasteiger partial charge in [0.2, 0.25) is 16.0 Å². The summed E-state index contributed by atoms with van der Waals surface area (Å²) >= 11 is 0. The summed E-state index contributed by atoms with van der Waals surface area (Å²) in [4.78, 5) is 29.0. The zero-order valence-corrected chi connectivity index (χ0v) is 25.2. The maximum Gasteiger partial charge on any atom is 0.278 e. The van der Waals surface area contributed by atoms with E-state index < -0.39 is 63.0 Å². The number of sulfonamides is 1. The zero-order valence-electron chi connectivity index (χ0n) is 24.4. The summed E-state index contributed by atoms with van der Waals surface area (Å²) in [6.45, 7) is 3.51. The van der Waals surface area contributed by atoms with E-state index in [0.29, 0.717) is 12.0 Å². The van der Waals surface area contributed by atoms with Gasteiger partial charge in [-0.2, -0.15) is 4.98 Å². The summed E-state index contributed by atoms with van der Waals surface area (Å²) < 4.78 is 85.2. The Morgan fingerprint density at radius 3 is 2.26 bits per heavy atom. The van der Waals surface area contributed by atoms with Gasteiger partial charge in [0.05, 0.1) is 11.9 Å². The fourth-order valence-electron chi connectivity index (χ4n) is 5.70. The molecule has 15 heteroatoms. The lowest BCUT2D eigenvalue weighted by Gasteiger charge is -2.35. The number of rotatable bonds is 9. The van der Waals surface area contributed by atoms with Crippen LogP contribution in [0.5, 0.6) is 0 Å². The molecular weight excluding hydrogens is 590 g/mol. The highest BCUT2D eigenvalue weighted by Gasteiger charge is 2.50. The fourth-order valence-corrected chi connectivity index (χ4v) is 7.23. The van der Waals surface area contributed by atoms with Gasteiger partial charge in [0.15, 0.2) is 17.3 Å². The molecule has 0 aliphatic heterocycles. The first-order valence-electron chi connectivity index (χ1n) is 14.2. The third-order valence-electron chi connectivity index (χ3n) is 8.33. The maximum absolute atomic E-state index is 15.1. The van der Waals surface area contributed by atoms with Crippen LogP contribution in [0.15, 0.2) is 23.1 Å². The molecule has 2 aliphatic rings. The van der Waals surface area contributed by atoms with Crippen LogP contribution in [0.25, 0.3) is 22.4 Å². The highest BCUT2D eigenvalue weighted by molar-refractivity contribution is 7.92. The molecule has 3 aromatic rings. The summed E-state index contributed by atoms with van der Waals surface area (Å²) in [5.41, 5.74) is -1.72. The Kier molecular flexibility index (Phi) is 8.42. The molecule has 2 saturated carbocycles. The van der Waals surface area contributed by atoms with Crippen molar-refractivity contribution in [2.24, 2.45) is 5.92 Å². The van der Waals surface area contributed by atoms with Gasteiger partial charge in [-0.1, -0.05) is 0 Å². The van der Waals surface area contributed by atoms with E-state index in [0.717, 1.165) is 37.8 Å². The number of hydrogen-bond acceptors (Lipinski definition) is 8. The molecule has 2 aliphatic carbocycles. The van der Waals surface area contributed by atoms with Crippen LogP contribution in [0.3, 0.4) is 0 Å². The van der Waals surface area contributed by atoms with Gasteiger partial charge in [0.1, 0.15) is 16.9 Å². The molecule has 10 nitrogen and oxygen atoms in total. The van der Waals surface area contributed by atoms with E-state index in [1.54, 1.807) is 18.6 Å². The minimum Gasteiger partial charge on any atom is -0.351 e. The first-order chi connectivity index (χ1) is 20.1. The average molecular weight is 626 g/mol. The van der Waals surface area contributed by atoms with Crippen LogP contribution in [-0.4, -0.2) is 70.7 Å². The van der Waals surface area contributed by atoms with Crippen LogP contribution < -0.4 is 15.6 Å². The molecule has 0 spiro atoms. The Labute approximate surface area is 247 Å². The van der Waals surface area contributed by atoms with Crippen LogP contribution in [0.1, 0.15) is 58.4 Å². The topological polar surface area (TPSA) is 122 Å². The van der Waals surface area contributed by atoms with E-state index in [4.69, 9.17) is 0 Å². The number of hydrogen-bond donors (Lipinski definition) is 2. The number of aromatic nitrogens is 4. The van der Waals surface area contributed by atoms with Crippen molar-refractivity contribution in [2.45, 2.75) is 76.4 Å². The van der Waals surface area contributed by atoms with Crippen molar-refractivity contribution in [2.75, 3.05) is 29.9 Å². The third kappa shape index (κ3) is 6.47. The maximum atomic E-state index is 15.1. The molecule has 2 fully saturated rings. The number of nitrogens with one attached hydrogen (secondary N) is 2. The molecule has 5 rings (SSSR count). The Morgan fingerprint density at radius 2 is 1.72 bits per heavy atom. The standard InChI is InChI=1S/C28H35F4N7O3S/c1-15(2)39-25-22(13-33-27(36-25)34-18-5-7-19(8-6-18)38(3)4)35-23(26(39)40)16-11-20(29)24(21(30)12-16)37-43(41,42)14-17-9-10-28(17,31)32/h11-13,15,17-19,37H,5-10,14H2,1-4H3,(H,33,34,36). The van der Waals surface area contributed by atoms with Gasteiger partial charge in [-0.15, -0.1) is 0 Å². The van der Waals surface area contributed by atoms with E-state index in [2.05, 4.69) is 39.3 Å². The second-order valence-electron chi connectivity index (χ2n) is 11.9. The van der Waals surface area contributed by atoms with Gasteiger partial charge in [-0.25, -0.2) is 35.9 Å². The Bertz CT molecular complexity index is 1670. The van der Waals surface area contributed by atoms with Gasteiger partial charge in [-0.05, 0) is 72.2 Å². The summed E-state index contributed by atoms with van der Waals surface area (Å²) in [5.74, 6) is -7.84. The van der Waals surface area contributed by atoms with Crippen molar-refractivity contribution in [3.63, 3.8) is 0 Å². The summed E-state index contributed by atoms with van der Waals surface area (Å²) in [7, 11) is -0.345. The Balaban J connectivity index is 1.43. The van der Waals surface area contributed by atoms with E-state index in [1.807, 2.05) is 0 Å². The Morgan fingerprint density at radius 1 is 1.07 bits per heavy atom. The number of nitrogens with zero attached hydrogens (tertiary/aromatic N) is 5. The van der Waals surface area contributed by atoms with Crippen LogP contribution in [-0.2, 0) is 10.0 Å². The van der Waals surface area contributed by atoms with Crippen LogP contribution in [0.4, 0.5) is 29.2 Å². The predicted octanol–water partition coefficient (Wildman–Crippen LogP) is 4.78. The number of anilines is 2. The smallest absolute Gasteiger partial charge is 0.278 e. The van der Waals surface area contributed by atoms with E-state index >= 15 is 8.78 Å². The number of benzene rings is 1. The molecule has 0 radical (unpaired) electrons. The van der Waals surface area contributed by atoms with E-state index in [9.17, 15) is 22.0 Å². The monoisotopic (exact) mass is 625 g/mol. The van der Waals surface area contributed by atoms with Gasteiger partial charge >= 0.3 is 0 Å². The molecule has 1 unspecified atom stereocenters. The van der Waals surface area contributed by atoms with Crippen molar-refractivity contribution >= 4 is 32.8 Å². The molecule has 43 heavy (non-hydrogen) atoms. The molecule has 1 atom stereocenters. The molecule has 2 heterocycles. The average Bonchev–Trinajstić information content (AvgIpc) is 2.93. The van der Waals surface area contributed by atoms with Crippen LogP contribution in [0, 0.1) is 17.6 Å². The van der Waals surface area contributed by atoms with E-state index in [-0.39, 0.29) is 34.9 Å². The largest absolute Gasteiger partial charge is 0.351 e. The fraction of sp³-hybridized carbons (Fsp3) is 0.571. The molecule has 0 bridgehead atoms. The zero-order chi connectivity index (χ0) is 31.3. The van der Waals surface area contributed by atoms with Crippen LogP contribution >= 0.6 is 0 Å². The van der Waals surface area contributed by atoms with Gasteiger partial charge in [-0.3, -0.25) is 14.1 Å². The first-order valence-corrected chi connectivity index (χ1v) is 15.9. The van der Waals surface area contributed by atoms with Gasteiger partial charge in [0.25, 0.3) is 11.5 Å². The van der Waals surface area contributed by atoms with Crippen molar-refractivity contribution < 1.29 is 26.0 Å². The summed E-state index contributed by atoms with van der Waals surface area (Å²) in [6, 6.07) is 1.85. The lowest BCUT2D eigenvalue weighted by Crippen LogP contribution is -2.43. The van der Waals surface area contributed by atoms with E-state index in [1.165, 1.54) is 10.8 Å². The second-order valence-corrected chi connectivity index (χ2v) is 13.7. The summed E-state index contributed by atoms with van der Waals surface area (Å²) in [5, 5.41) is 3.35. The molecular formula is C28H35F4N7O3S. The minimum atomic E-state index is -4.48. The van der Waals surface area contributed by atoms with Gasteiger partial charge in [0, 0.05) is 36.0 Å². The third-order valence-corrected chi connectivity index (χ3v) is 9.68. The second kappa shape index (κ2) is 11.6. The number of alkyl halides is 2. The SMILES string of the molecule is CC(C)n1c(=O)c(-c2cc(F)c(NS(=O)(=O)CC3CCC3(F)F)c(F)c2)nc2cnc(NC3CCC(N(C)C)CC3)nc21. The Hall–Kier alpha value is -3.33. The normalized spacial score (nSPS) is 22.1. The van der Waals surface area contributed by atoms with Crippen LogP contribution in [0.2, 0.25) is 0 Å². The minimum absolute atomic E-state index is 0.00732. The van der Waals surface area contributed by atoms with Crippen molar-refractivity contribution in [1.29, 1.82) is 0 Å². The molecule has 0 amide bonds. The molecule has 2 N–H and O–H groups in total. The quantitative estimate of drug-likeness (QED) is 0.326. The van der Waals surface area contributed by atoms with Gasteiger partial charge < -0.3 is 10.2 Å². The predicted molar refractivity (Wildman–Crippen MR) is 156 cm³/mol. The first kappa shape index (κ1) is 31.1.